The zero-order valence-electron chi connectivity index (χ0n) is 6.87. The van der Waals surface area contributed by atoms with Gasteiger partial charge in [0.15, 0.2) is 5.13 Å². The van der Waals surface area contributed by atoms with Crippen molar-refractivity contribution >= 4 is 22.3 Å². The number of thiazole rings is 1. The Labute approximate surface area is 70.9 Å². The Balaban J connectivity index is 2.60. The molecule has 0 spiro atoms. The molecule has 11 heavy (non-hydrogen) atoms. The van der Waals surface area contributed by atoms with Gasteiger partial charge in [-0.05, 0) is 6.42 Å². The third-order valence-corrected chi connectivity index (χ3v) is 2.37. The highest BCUT2D eigenvalue weighted by molar-refractivity contribution is 7.14. The summed E-state index contributed by atoms with van der Waals surface area (Å²) < 4.78 is 0. The molecule has 1 heterocycles. The van der Waals surface area contributed by atoms with E-state index in [0.717, 1.165) is 18.1 Å². The molecular weight excluding hydrogens is 158 g/mol. The van der Waals surface area contributed by atoms with Crippen LogP contribution >= 0.6 is 11.3 Å². The first-order chi connectivity index (χ1) is 5.24. The van der Waals surface area contributed by atoms with Crippen molar-refractivity contribution in [1.29, 1.82) is 0 Å². The topological polar surface area (TPSA) is 42.2 Å². The molecule has 2 N–H and O–H groups in total. The van der Waals surface area contributed by atoms with Crippen LogP contribution in [-0.4, -0.2) is 18.6 Å². The highest BCUT2D eigenvalue weighted by Crippen LogP contribution is 2.19. The summed E-state index contributed by atoms with van der Waals surface area (Å²) in [4.78, 5) is 6.26. The third kappa shape index (κ3) is 2.08. The SMILES string of the molecule is CCCN(C)c1nc(N)cs1. The molecular formula is C7H13N3S. The van der Waals surface area contributed by atoms with Gasteiger partial charge >= 0.3 is 0 Å². The molecule has 0 aliphatic rings. The number of anilines is 2. The van der Waals surface area contributed by atoms with Gasteiger partial charge in [0.2, 0.25) is 0 Å². The Morgan fingerprint density at radius 2 is 2.45 bits per heavy atom. The number of nitrogens with two attached hydrogens (primary N) is 1. The summed E-state index contributed by atoms with van der Waals surface area (Å²) in [6.45, 7) is 3.18. The number of rotatable bonds is 3. The number of nitrogens with zero attached hydrogens (tertiary/aromatic N) is 2. The van der Waals surface area contributed by atoms with Crippen molar-refractivity contribution in [3.8, 4) is 0 Å². The molecule has 0 saturated carbocycles. The Hall–Kier alpha value is -0.770. The Morgan fingerprint density at radius 1 is 1.73 bits per heavy atom. The van der Waals surface area contributed by atoms with Crippen LogP contribution in [0, 0.1) is 0 Å². The molecule has 4 heteroatoms. The lowest BCUT2D eigenvalue weighted by Crippen LogP contribution is -2.17. The number of nitrogen functional groups attached to an aromatic ring is 1. The van der Waals surface area contributed by atoms with Gasteiger partial charge < -0.3 is 10.6 Å². The van der Waals surface area contributed by atoms with Crippen molar-refractivity contribution in [2.45, 2.75) is 13.3 Å². The zero-order valence-corrected chi connectivity index (χ0v) is 7.69. The summed E-state index contributed by atoms with van der Waals surface area (Å²) in [6.07, 6.45) is 1.13. The minimum Gasteiger partial charge on any atom is -0.383 e. The molecule has 1 aromatic rings. The molecule has 0 aliphatic heterocycles. The first-order valence-corrected chi connectivity index (χ1v) is 4.54. The van der Waals surface area contributed by atoms with Crippen LogP contribution < -0.4 is 10.6 Å². The second kappa shape index (κ2) is 3.57. The molecule has 1 rings (SSSR count). The molecule has 1 aromatic heterocycles. The summed E-state index contributed by atoms with van der Waals surface area (Å²) in [5, 5.41) is 2.87. The van der Waals surface area contributed by atoms with Crippen molar-refractivity contribution in [2.24, 2.45) is 0 Å². The lowest BCUT2D eigenvalue weighted by molar-refractivity contribution is 0.848. The average Bonchev–Trinajstić information content (AvgIpc) is 2.36. The molecule has 0 bridgehead atoms. The van der Waals surface area contributed by atoms with E-state index in [1.165, 1.54) is 0 Å². The molecule has 62 valence electrons. The summed E-state index contributed by atoms with van der Waals surface area (Å²) in [5.74, 6) is 0.618. The average molecular weight is 171 g/mol. The van der Waals surface area contributed by atoms with Gasteiger partial charge in [-0.3, -0.25) is 0 Å². The van der Waals surface area contributed by atoms with Crippen LogP contribution in [0.2, 0.25) is 0 Å². The fourth-order valence-electron chi connectivity index (χ4n) is 0.883. The summed E-state index contributed by atoms with van der Waals surface area (Å²) >= 11 is 1.59. The van der Waals surface area contributed by atoms with Gasteiger partial charge in [0.1, 0.15) is 5.82 Å². The van der Waals surface area contributed by atoms with Crippen LogP contribution in [0.25, 0.3) is 0 Å². The third-order valence-electron chi connectivity index (χ3n) is 1.40. The van der Waals surface area contributed by atoms with E-state index in [9.17, 15) is 0 Å². The lowest BCUT2D eigenvalue weighted by Gasteiger charge is -2.13. The number of hydrogen-bond donors (Lipinski definition) is 1. The fourth-order valence-corrected chi connectivity index (χ4v) is 1.59. The normalized spacial score (nSPS) is 10.0. The van der Waals surface area contributed by atoms with E-state index < -0.39 is 0 Å². The van der Waals surface area contributed by atoms with Crippen LogP contribution in [0.15, 0.2) is 5.38 Å². The van der Waals surface area contributed by atoms with Crippen molar-refractivity contribution in [1.82, 2.24) is 4.98 Å². The second-order valence-corrected chi connectivity index (χ2v) is 3.31. The van der Waals surface area contributed by atoms with E-state index in [-0.39, 0.29) is 0 Å². The Bertz CT molecular complexity index is 221. The molecule has 0 unspecified atom stereocenters. The molecule has 0 saturated heterocycles. The van der Waals surface area contributed by atoms with Crippen molar-refractivity contribution in [2.75, 3.05) is 24.2 Å². The predicted molar refractivity (Wildman–Crippen MR) is 50.1 cm³/mol. The first kappa shape index (κ1) is 8.33. The summed E-state index contributed by atoms with van der Waals surface area (Å²) in [7, 11) is 2.03. The number of aromatic nitrogens is 1. The van der Waals surface area contributed by atoms with Crippen molar-refractivity contribution < 1.29 is 0 Å². The van der Waals surface area contributed by atoms with E-state index in [1.54, 1.807) is 11.3 Å². The minimum absolute atomic E-state index is 0.618. The van der Waals surface area contributed by atoms with Crippen LogP contribution in [0.4, 0.5) is 10.9 Å². The zero-order chi connectivity index (χ0) is 8.27. The summed E-state index contributed by atoms with van der Waals surface area (Å²) in [6, 6.07) is 0. The smallest absolute Gasteiger partial charge is 0.187 e. The first-order valence-electron chi connectivity index (χ1n) is 3.66. The second-order valence-electron chi connectivity index (χ2n) is 2.48. The maximum absolute atomic E-state index is 5.49. The van der Waals surface area contributed by atoms with E-state index >= 15 is 0 Å². The Kier molecular flexibility index (Phi) is 2.70. The van der Waals surface area contributed by atoms with Crippen LogP contribution in [0.1, 0.15) is 13.3 Å². The van der Waals surface area contributed by atoms with E-state index in [0.29, 0.717) is 5.82 Å². The Morgan fingerprint density at radius 3 is 2.91 bits per heavy atom. The van der Waals surface area contributed by atoms with Crippen LogP contribution in [0.5, 0.6) is 0 Å². The van der Waals surface area contributed by atoms with Gasteiger partial charge in [-0.25, -0.2) is 4.98 Å². The van der Waals surface area contributed by atoms with E-state index in [4.69, 9.17) is 5.73 Å². The van der Waals surface area contributed by atoms with Gasteiger partial charge in [0.25, 0.3) is 0 Å². The van der Waals surface area contributed by atoms with Gasteiger partial charge in [-0.15, -0.1) is 11.3 Å². The molecule has 0 radical (unpaired) electrons. The molecule has 0 amide bonds. The monoisotopic (exact) mass is 171 g/mol. The minimum atomic E-state index is 0.618. The highest BCUT2D eigenvalue weighted by atomic mass is 32.1. The van der Waals surface area contributed by atoms with Crippen LogP contribution in [-0.2, 0) is 0 Å². The number of hydrogen-bond acceptors (Lipinski definition) is 4. The van der Waals surface area contributed by atoms with Crippen LogP contribution in [0.3, 0.4) is 0 Å². The molecule has 0 atom stereocenters. The molecule has 0 aliphatic carbocycles. The predicted octanol–water partition coefficient (Wildman–Crippen LogP) is 1.57. The van der Waals surface area contributed by atoms with Crippen molar-refractivity contribution in [3.63, 3.8) is 0 Å². The molecule has 0 aromatic carbocycles. The maximum Gasteiger partial charge on any atom is 0.187 e. The standard InChI is InChI=1S/C7H13N3S/c1-3-4-10(2)7-9-6(8)5-11-7/h5H,3-4,8H2,1-2H3. The summed E-state index contributed by atoms with van der Waals surface area (Å²) in [5.41, 5.74) is 5.49. The van der Waals surface area contributed by atoms with Gasteiger partial charge in [0, 0.05) is 19.0 Å². The molecule has 0 fully saturated rings. The van der Waals surface area contributed by atoms with E-state index in [1.807, 2.05) is 12.4 Å². The van der Waals surface area contributed by atoms with E-state index in [2.05, 4.69) is 16.8 Å². The van der Waals surface area contributed by atoms with Gasteiger partial charge in [0.05, 0.1) is 0 Å². The van der Waals surface area contributed by atoms with Gasteiger partial charge in [-0.2, -0.15) is 0 Å². The maximum atomic E-state index is 5.49. The fraction of sp³-hybridized carbons (Fsp3) is 0.571. The largest absolute Gasteiger partial charge is 0.383 e. The van der Waals surface area contributed by atoms with Crippen molar-refractivity contribution in [3.05, 3.63) is 5.38 Å². The molecule has 3 nitrogen and oxygen atoms in total. The quantitative estimate of drug-likeness (QED) is 0.750. The highest BCUT2D eigenvalue weighted by Gasteiger charge is 2.02. The van der Waals surface area contributed by atoms with Gasteiger partial charge in [-0.1, -0.05) is 6.92 Å². The lowest BCUT2D eigenvalue weighted by atomic mass is 10.5.